The Kier molecular flexibility index (Phi) is 19.0. The van der Waals surface area contributed by atoms with E-state index in [1.165, 1.54) is 0 Å². The van der Waals surface area contributed by atoms with E-state index in [9.17, 15) is 19.2 Å². The van der Waals surface area contributed by atoms with Crippen molar-refractivity contribution in [2.45, 2.75) is 145 Å². The Balaban J connectivity index is 5.64. The number of hydrogen-bond acceptors (Lipinski definition) is 8. The lowest BCUT2D eigenvalue weighted by Gasteiger charge is -2.30. The fraction of sp³-hybridized carbons (Fsp3) is 0.833. The van der Waals surface area contributed by atoms with Gasteiger partial charge in [0, 0.05) is 52.4 Å². The van der Waals surface area contributed by atoms with E-state index in [0.717, 1.165) is 12.8 Å². The predicted octanol–water partition coefficient (Wildman–Crippen LogP) is 8.09. The van der Waals surface area contributed by atoms with Crippen molar-refractivity contribution in [3.05, 3.63) is 12.2 Å². The first-order valence-corrected chi connectivity index (χ1v) is 17.4. The predicted molar refractivity (Wildman–Crippen MR) is 190 cm³/mol. The zero-order valence-corrected chi connectivity index (χ0v) is 32.7. The van der Waals surface area contributed by atoms with E-state index in [1.807, 2.05) is 102 Å². The Bertz CT molecular complexity index is 1020. The van der Waals surface area contributed by atoms with Gasteiger partial charge in [-0.15, -0.1) is 0 Å². The number of rotatable bonds is 16. The summed E-state index contributed by atoms with van der Waals surface area (Å²) in [5, 5.41) is 0. The van der Waals surface area contributed by atoms with Crippen LogP contribution in [0.4, 0.5) is 19.2 Å². The molecule has 280 valence electrons. The first kappa shape index (κ1) is 44.8. The summed E-state index contributed by atoms with van der Waals surface area (Å²) < 4.78 is 22.4. The van der Waals surface area contributed by atoms with E-state index >= 15 is 0 Å². The zero-order valence-electron chi connectivity index (χ0n) is 32.7. The van der Waals surface area contributed by atoms with E-state index in [4.69, 9.17) is 18.9 Å². The summed E-state index contributed by atoms with van der Waals surface area (Å²) in [5.74, 6) is 0. The number of amides is 4. The molecule has 0 aromatic heterocycles. The molecular weight excluding hydrogens is 616 g/mol. The molecule has 0 N–H and O–H groups in total. The van der Waals surface area contributed by atoms with Crippen LogP contribution in [-0.2, 0) is 18.9 Å². The van der Waals surface area contributed by atoms with Gasteiger partial charge in [-0.1, -0.05) is 25.5 Å². The van der Waals surface area contributed by atoms with Gasteiger partial charge in [0.15, 0.2) is 0 Å². The van der Waals surface area contributed by atoms with E-state index < -0.39 is 40.7 Å². The van der Waals surface area contributed by atoms with E-state index in [0.29, 0.717) is 52.1 Å². The third-order valence-corrected chi connectivity index (χ3v) is 6.30. The van der Waals surface area contributed by atoms with Crippen molar-refractivity contribution in [1.29, 1.82) is 0 Å². The molecule has 0 aromatic rings. The molecule has 0 fully saturated rings. The van der Waals surface area contributed by atoms with E-state index in [-0.39, 0.29) is 19.2 Å². The van der Waals surface area contributed by atoms with Crippen molar-refractivity contribution in [3.63, 3.8) is 0 Å². The Morgan fingerprint density at radius 1 is 0.438 bits per heavy atom. The van der Waals surface area contributed by atoms with Gasteiger partial charge in [-0.05, 0) is 109 Å². The fourth-order valence-corrected chi connectivity index (χ4v) is 4.15. The maximum absolute atomic E-state index is 13.1. The van der Waals surface area contributed by atoms with Gasteiger partial charge in [0.1, 0.15) is 22.4 Å². The highest BCUT2D eigenvalue weighted by atomic mass is 16.6. The average Bonchev–Trinajstić information content (AvgIpc) is 2.88. The minimum atomic E-state index is -0.679. The Hall–Kier alpha value is -3.18. The maximum Gasteiger partial charge on any atom is 0.410 e. The monoisotopic (exact) mass is 685 g/mol. The first-order valence-electron chi connectivity index (χ1n) is 17.4. The van der Waals surface area contributed by atoms with Crippen molar-refractivity contribution in [2.75, 3.05) is 52.4 Å². The molecule has 0 saturated heterocycles. The molecule has 0 heterocycles. The second kappa shape index (κ2) is 20.4. The molecule has 12 nitrogen and oxygen atoms in total. The van der Waals surface area contributed by atoms with Crippen LogP contribution in [0.5, 0.6) is 0 Å². The molecule has 0 atom stereocenters. The molecule has 0 bridgehead atoms. The fourth-order valence-electron chi connectivity index (χ4n) is 4.15. The molecule has 0 unspecified atom stereocenters. The van der Waals surface area contributed by atoms with Crippen molar-refractivity contribution in [2.24, 2.45) is 0 Å². The minimum absolute atomic E-state index is 0.249. The summed E-state index contributed by atoms with van der Waals surface area (Å²) in [6, 6.07) is 0. The normalized spacial score (nSPS) is 12.4. The van der Waals surface area contributed by atoms with Gasteiger partial charge in [0.25, 0.3) is 0 Å². The number of carbonyl (C=O) groups is 4. The van der Waals surface area contributed by atoms with Crippen LogP contribution < -0.4 is 0 Å². The average molecular weight is 685 g/mol. The lowest BCUT2D eigenvalue weighted by molar-refractivity contribution is 0.0195. The van der Waals surface area contributed by atoms with Crippen LogP contribution in [0.2, 0.25) is 0 Å². The molecule has 12 heteroatoms. The summed E-state index contributed by atoms with van der Waals surface area (Å²) >= 11 is 0. The number of carbonyl (C=O) groups excluding carboxylic acids is 4. The zero-order chi connectivity index (χ0) is 37.3. The third kappa shape index (κ3) is 22.4. The van der Waals surface area contributed by atoms with E-state index in [1.54, 1.807) is 19.6 Å². The molecule has 0 aliphatic carbocycles. The van der Waals surface area contributed by atoms with E-state index in [2.05, 4.69) is 6.92 Å². The van der Waals surface area contributed by atoms with Crippen LogP contribution >= 0.6 is 0 Å². The summed E-state index contributed by atoms with van der Waals surface area (Å²) in [5.41, 5.74) is -2.56. The summed E-state index contributed by atoms with van der Waals surface area (Å²) in [6.07, 6.45) is 4.80. The molecule has 0 saturated carbocycles. The molecule has 4 amide bonds. The first-order chi connectivity index (χ1) is 21.9. The lowest BCUT2D eigenvalue weighted by Crippen LogP contribution is -2.41. The molecule has 48 heavy (non-hydrogen) atoms. The Morgan fingerprint density at radius 2 is 0.708 bits per heavy atom. The minimum Gasteiger partial charge on any atom is -0.444 e. The second-order valence-corrected chi connectivity index (χ2v) is 15.9. The Morgan fingerprint density at radius 3 is 1.02 bits per heavy atom. The van der Waals surface area contributed by atoms with Gasteiger partial charge >= 0.3 is 24.4 Å². The summed E-state index contributed by atoms with van der Waals surface area (Å²) in [6.45, 7) is 28.9. The van der Waals surface area contributed by atoms with Crippen molar-refractivity contribution in [1.82, 2.24) is 19.6 Å². The lowest BCUT2D eigenvalue weighted by atomic mass is 10.2. The molecule has 0 rings (SSSR count). The van der Waals surface area contributed by atoms with Gasteiger partial charge in [0.2, 0.25) is 0 Å². The highest BCUT2D eigenvalue weighted by Crippen LogP contribution is 2.15. The molecule has 0 aromatic carbocycles. The molecule has 0 aliphatic rings. The third-order valence-electron chi connectivity index (χ3n) is 6.30. The summed E-state index contributed by atoms with van der Waals surface area (Å²) in [7, 11) is 0. The molecule has 0 aliphatic heterocycles. The smallest absolute Gasteiger partial charge is 0.410 e. The summed E-state index contributed by atoms with van der Waals surface area (Å²) in [4.78, 5) is 58.1. The van der Waals surface area contributed by atoms with Crippen LogP contribution in [0.1, 0.15) is 123 Å². The van der Waals surface area contributed by atoms with Crippen LogP contribution in [-0.4, -0.2) is 119 Å². The number of hydrogen-bond donors (Lipinski definition) is 0. The SMILES string of the molecule is CCCCN(CCCN(CC=CCN(CCCN(CC)C(=O)OC(C)(C)C)C(=O)OC(C)(C)C)C(=O)OC(C)(C)C)C(=O)OC(C)(C)C. The van der Waals surface area contributed by atoms with Gasteiger partial charge < -0.3 is 38.5 Å². The Labute approximate surface area is 291 Å². The standard InChI is InChI=1S/C36H68N4O8/c1-15-17-22-38(30(42)46-34(6,7)8)27-21-28-40(32(44)48-36(12,13)14)24-19-18-23-39(31(43)47-35(9,10)11)26-20-25-37(16-2)29(41)45-33(3,4)5/h18-19H,15-17,20-28H2,1-14H3. The van der Waals surface area contributed by atoms with Gasteiger partial charge in [-0.2, -0.15) is 0 Å². The molecular formula is C36H68N4O8. The number of ether oxygens (including phenoxy) is 4. The topological polar surface area (TPSA) is 118 Å². The van der Waals surface area contributed by atoms with Crippen LogP contribution in [0.15, 0.2) is 12.2 Å². The largest absolute Gasteiger partial charge is 0.444 e. The van der Waals surface area contributed by atoms with Gasteiger partial charge in [0.05, 0.1) is 0 Å². The molecule has 0 spiro atoms. The maximum atomic E-state index is 13.1. The van der Waals surface area contributed by atoms with Crippen LogP contribution in [0.3, 0.4) is 0 Å². The van der Waals surface area contributed by atoms with Crippen molar-refractivity contribution in [3.8, 4) is 0 Å². The second-order valence-electron chi connectivity index (χ2n) is 15.9. The van der Waals surface area contributed by atoms with Crippen LogP contribution in [0, 0.1) is 0 Å². The van der Waals surface area contributed by atoms with Gasteiger partial charge in [-0.25, -0.2) is 19.2 Å². The van der Waals surface area contributed by atoms with Crippen molar-refractivity contribution >= 4 is 24.4 Å². The highest BCUT2D eigenvalue weighted by Gasteiger charge is 2.26. The molecule has 0 radical (unpaired) electrons. The number of unbranched alkanes of at least 4 members (excludes halogenated alkanes) is 1. The number of nitrogens with zero attached hydrogens (tertiary/aromatic N) is 4. The highest BCUT2D eigenvalue weighted by molar-refractivity contribution is 5.70. The quantitative estimate of drug-likeness (QED) is 0.118. The van der Waals surface area contributed by atoms with Crippen molar-refractivity contribution < 1.29 is 38.1 Å². The van der Waals surface area contributed by atoms with Gasteiger partial charge in [-0.3, -0.25) is 0 Å². The van der Waals surface area contributed by atoms with Crippen LogP contribution in [0.25, 0.3) is 0 Å².